The molecule has 1 aromatic rings. The van der Waals surface area contributed by atoms with E-state index in [4.69, 9.17) is 5.73 Å². The summed E-state index contributed by atoms with van der Waals surface area (Å²) >= 11 is 1.54. The van der Waals surface area contributed by atoms with E-state index in [0.29, 0.717) is 11.0 Å². The number of rotatable bonds is 1. The second-order valence-corrected chi connectivity index (χ2v) is 4.04. The third-order valence-corrected chi connectivity index (χ3v) is 2.95. The van der Waals surface area contributed by atoms with Gasteiger partial charge >= 0.3 is 0 Å². The normalized spacial score (nSPS) is 20.7. The van der Waals surface area contributed by atoms with Crippen LogP contribution in [0.3, 0.4) is 0 Å². The number of hydrogen-bond donors (Lipinski definition) is 2. The first-order valence-electron chi connectivity index (χ1n) is 4.28. The van der Waals surface area contributed by atoms with Crippen LogP contribution in [0.15, 0.2) is 5.38 Å². The lowest BCUT2D eigenvalue weighted by molar-refractivity contribution is 0.456. The predicted molar refractivity (Wildman–Crippen MR) is 65.9 cm³/mol. The highest BCUT2D eigenvalue weighted by molar-refractivity contribution is 7.13. The average molecular weight is 256 g/mol. The number of thiazole rings is 1. The zero-order chi connectivity index (χ0) is 8.39. The molecule has 3 N–H and O–H groups in total. The molecule has 1 aromatic heterocycles. The third-order valence-electron chi connectivity index (χ3n) is 2.25. The number of nitrogens with zero attached hydrogens (tertiary/aromatic N) is 1. The number of piperidine rings is 1. The lowest BCUT2D eigenvalue weighted by Crippen LogP contribution is -2.28. The van der Waals surface area contributed by atoms with Crippen molar-refractivity contribution in [3.8, 4) is 0 Å². The van der Waals surface area contributed by atoms with Crippen LogP contribution in [0.4, 0.5) is 5.13 Å². The van der Waals surface area contributed by atoms with Crippen molar-refractivity contribution >= 4 is 41.3 Å². The minimum absolute atomic E-state index is 0. The first-order chi connectivity index (χ1) is 5.86. The number of halogens is 2. The summed E-state index contributed by atoms with van der Waals surface area (Å²) in [5.74, 6) is 0.590. The molecule has 2 rings (SSSR count). The zero-order valence-electron chi connectivity index (χ0n) is 7.73. The van der Waals surface area contributed by atoms with Crippen molar-refractivity contribution in [2.75, 3.05) is 18.8 Å². The van der Waals surface area contributed by atoms with Crippen LogP contribution in [0.2, 0.25) is 0 Å². The maximum Gasteiger partial charge on any atom is 0.180 e. The fraction of sp³-hybridized carbons (Fsp3) is 0.625. The van der Waals surface area contributed by atoms with Crippen LogP contribution < -0.4 is 11.1 Å². The molecule has 0 aromatic carbocycles. The Morgan fingerprint density at radius 3 is 2.79 bits per heavy atom. The van der Waals surface area contributed by atoms with Gasteiger partial charge in [-0.2, -0.15) is 0 Å². The monoisotopic (exact) mass is 255 g/mol. The summed E-state index contributed by atoms with van der Waals surface area (Å²) in [6.45, 7) is 2.21. The molecule has 2 heterocycles. The molecule has 0 spiro atoms. The maximum absolute atomic E-state index is 5.57. The Hall–Kier alpha value is -0.0300. The average Bonchev–Trinajstić information content (AvgIpc) is 2.54. The number of nitrogen functional groups attached to an aromatic ring is 1. The molecule has 14 heavy (non-hydrogen) atoms. The van der Waals surface area contributed by atoms with Crippen LogP contribution in [0.5, 0.6) is 0 Å². The highest BCUT2D eigenvalue weighted by Crippen LogP contribution is 2.25. The Balaban J connectivity index is 0.000000845. The minimum atomic E-state index is 0. The summed E-state index contributed by atoms with van der Waals surface area (Å²) in [5.41, 5.74) is 6.74. The molecule has 1 fully saturated rings. The lowest BCUT2D eigenvalue weighted by atomic mass is 9.97. The molecule has 0 saturated carbocycles. The molecule has 1 saturated heterocycles. The van der Waals surface area contributed by atoms with Gasteiger partial charge in [0.2, 0.25) is 0 Å². The van der Waals surface area contributed by atoms with E-state index in [9.17, 15) is 0 Å². The van der Waals surface area contributed by atoms with Gasteiger partial charge in [-0.1, -0.05) is 0 Å². The van der Waals surface area contributed by atoms with E-state index >= 15 is 0 Å². The van der Waals surface area contributed by atoms with Gasteiger partial charge in [0.15, 0.2) is 5.13 Å². The molecular formula is C8H15Cl2N3S. The standard InChI is InChI=1S/C8H13N3S.2ClH/c9-8-11-7(5-12-8)6-2-1-3-10-4-6;;/h5-6,10H,1-4H2,(H2,9,11);2*1H. The number of aromatic nitrogens is 1. The van der Waals surface area contributed by atoms with E-state index in [0.717, 1.165) is 13.1 Å². The van der Waals surface area contributed by atoms with Crippen molar-refractivity contribution < 1.29 is 0 Å². The first kappa shape index (κ1) is 14.0. The van der Waals surface area contributed by atoms with Gasteiger partial charge in [-0.25, -0.2) is 4.98 Å². The Bertz CT molecular complexity index is 261. The van der Waals surface area contributed by atoms with E-state index in [2.05, 4.69) is 15.7 Å². The van der Waals surface area contributed by atoms with Gasteiger partial charge in [-0.15, -0.1) is 36.2 Å². The molecule has 0 bridgehead atoms. The highest BCUT2D eigenvalue weighted by atomic mass is 35.5. The van der Waals surface area contributed by atoms with Crippen molar-refractivity contribution in [1.29, 1.82) is 0 Å². The van der Waals surface area contributed by atoms with E-state index < -0.39 is 0 Å². The lowest BCUT2D eigenvalue weighted by Gasteiger charge is -2.20. The Morgan fingerprint density at radius 1 is 1.50 bits per heavy atom. The first-order valence-corrected chi connectivity index (χ1v) is 5.16. The Morgan fingerprint density at radius 2 is 2.29 bits per heavy atom. The highest BCUT2D eigenvalue weighted by Gasteiger charge is 2.16. The quantitative estimate of drug-likeness (QED) is 0.808. The van der Waals surface area contributed by atoms with Gasteiger partial charge in [0.05, 0.1) is 5.69 Å². The van der Waals surface area contributed by atoms with Crippen molar-refractivity contribution in [2.24, 2.45) is 0 Å². The van der Waals surface area contributed by atoms with Gasteiger partial charge in [0, 0.05) is 17.8 Å². The predicted octanol–water partition coefficient (Wildman–Crippen LogP) is 2.04. The van der Waals surface area contributed by atoms with Crippen molar-refractivity contribution in [1.82, 2.24) is 10.3 Å². The van der Waals surface area contributed by atoms with Gasteiger partial charge in [-0.3, -0.25) is 0 Å². The van der Waals surface area contributed by atoms with Crippen LogP contribution in [-0.2, 0) is 0 Å². The van der Waals surface area contributed by atoms with E-state index in [-0.39, 0.29) is 24.8 Å². The van der Waals surface area contributed by atoms with Crippen LogP contribution in [-0.4, -0.2) is 18.1 Å². The second-order valence-electron chi connectivity index (χ2n) is 3.15. The van der Waals surface area contributed by atoms with Gasteiger partial charge in [0.25, 0.3) is 0 Å². The topological polar surface area (TPSA) is 50.9 Å². The smallest absolute Gasteiger partial charge is 0.180 e. The van der Waals surface area contributed by atoms with Crippen LogP contribution in [0, 0.1) is 0 Å². The molecule has 0 radical (unpaired) electrons. The van der Waals surface area contributed by atoms with Crippen molar-refractivity contribution in [3.05, 3.63) is 11.1 Å². The number of nitrogens with two attached hydrogens (primary N) is 1. The summed E-state index contributed by atoms with van der Waals surface area (Å²) in [4.78, 5) is 4.29. The van der Waals surface area contributed by atoms with Crippen LogP contribution in [0.25, 0.3) is 0 Å². The molecule has 0 aliphatic carbocycles. The molecule has 82 valence electrons. The molecule has 1 aliphatic heterocycles. The maximum atomic E-state index is 5.57. The third kappa shape index (κ3) is 3.28. The minimum Gasteiger partial charge on any atom is -0.375 e. The SMILES string of the molecule is Cl.Cl.Nc1nc(C2CCCNC2)cs1. The zero-order valence-corrected chi connectivity index (χ0v) is 10.2. The summed E-state index contributed by atoms with van der Waals surface area (Å²) in [5, 5.41) is 6.13. The van der Waals surface area contributed by atoms with Crippen LogP contribution in [0.1, 0.15) is 24.5 Å². The molecule has 1 unspecified atom stereocenters. The summed E-state index contributed by atoms with van der Waals surface area (Å²) < 4.78 is 0. The summed E-state index contributed by atoms with van der Waals surface area (Å²) in [6.07, 6.45) is 2.50. The second kappa shape index (κ2) is 6.45. The molecule has 0 amide bonds. The fourth-order valence-electron chi connectivity index (χ4n) is 1.59. The Kier molecular flexibility index (Phi) is 6.44. The number of anilines is 1. The molecule has 3 nitrogen and oxygen atoms in total. The molecule has 1 aliphatic rings. The van der Waals surface area contributed by atoms with Crippen LogP contribution >= 0.6 is 36.2 Å². The van der Waals surface area contributed by atoms with Gasteiger partial charge in [-0.05, 0) is 19.4 Å². The molecule has 6 heteroatoms. The van der Waals surface area contributed by atoms with Gasteiger partial charge in [0.1, 0.15) is 0 Å². The molecule has 1 atom stereocenters. The summed E-state index contributed by atoms with van der Waals surface area (Å²) in [7, 11) is 0. The molecular weight excluding hydrogens is 241 g/mol. The summed E-state index contributed by atoms with van der Waals surface area (Å²) in [6, 6.07) is 0. The van der Waals surface area contributed by atoms with E-state index in [1.54, 1.807) is 0 Å². The van der Waals surface area contributed by atoms with E-state index in [1.165, 1.54) is 29.9 Å². The van der Waals surface area contributed by atoms with Crippen molar-refractivity contribution in [3.63, 3.8) is 0 Å². The largest absolute Gasteiger partial charge is 0.375 e. The number of hydrogen-bond acceptors (Lipinski definition) is 4. The number of nitrogens with one attached hydrogen (secondary N) is 1. The van der Waals surface area contributed by atoms with E-state index in [1.807, 2.05) is 0 Å². The van der Waals surface area contributed by atoms with Gasteiger partial charge < -0.3 is 11.1 Å². The Labute approximate surface area is 100 Å². The van der Waals surface area contributed by atoms with Crippen molar-refractivity contribution in [2.45, 2.75) is 18.8 Å². The fourth-order valence-corrected chi connectivity index (χ4v) is 2.24.